The van der Waals surface area contributed by atoms with Gasteiger partial charge in [0.1, 0.15) is 0 Å². The van der Waals surface area contributed by atoms with Gasteiger partial charge in [-0.3, -0.25) is 0 Å². The van der Waals surface area contributed by atoms with Crippen molar-refractivity contribution in [3.8, 4) is 17.2 Å². The molecule has 6 heteroatoms. The Morgan fingerprint density at radius 2 is 1.58 bits per heavy atom. The molecule has 0 bridgehead atoms. The van der Waals surface area contributed by atoms with Gasteiger partial charge in [0.05, 0.1) is 14.2 Å². The fraction of sp³-hybridized carbons (Fsp3) is 0.231. The molecule has 2 rings (SSSR count). The topological polar surface area (TPSA) is 38.7 Å². The molecule has 0 aromatic heterocycles. The number of ether oxygens (including phenoxy) is 2. The molecule has 0 saturated carbocycles. The zero-order valence-electron chi connectivity index (χ0n) is 10.6. The van der Waals surface area contributed by atoms with E-state index in [-0.39, 0.29) is 58.2 Å². The van der Waals surface area contributed by atoms with Crippen molar-refractivity contribution in [2.75, 3.05) is 14.2 Å². The third-order valence-corrected chi connectivity index (χ3v) is 2.66. The summed E-state index contributed by atoms with van der Waals surface area (Å²) in [4.78, 5) is 0. The van der Waals surface area contributed by atoms with Crippen LogP contribution in [0.2, 0.25) is 0 Å². The number of methoxy groups -OCH3 is 2. The summed E-state index contributed by atoms with van der Waals surface area (Å²) in [7, 11) is 3.06. The number of phenols is 1. The van der Waals surface area contributed by atoms with Crippen LogP contribution in [0.15, 0.2) is 36.4 Å². The van der Waals surface area contributed by atoms with Gasteiger partial charge in [-0.15, -0.1) is 0 Å². The van der Waals surface area contributed by atoms with E-state index in [4.69, 9.17) is 9.47 Å². The Bertz CT molecular complexity index is 449. The monoisotopic (exact) mass is 336 g/mol. The summed E-state index contributed by atoms with van der Waals surface area (Å²) in [6.45, 7) is 0. The Morgan fingerprint density at radius 3 is 2.05 bits per heavy atom. The molecule has 0 heterocycles. The Labute approximate surface area is 140 Å². The van der Waals surface area contributed by atoms with Crippen LogP contribution in [-0.2, 0) is 21.7 Å². The predicted molar refractivity (Wildman–Crippen MR) is 62.2 cm³/mol. The van der Waals surface area contributed by atoms with Gasteiger partial charge in [0.2, 0.25) is 5.75 Å². The molecule has 1 aliphatic rings. The zero-order chi connectivity index (χ0) is 11.5. The van der Waals surface area contributed by atoms with E-state index in [1.807, 2.05) is 30.4 Å². The van der Waals surface area contributed by atoms with Crippen molar-refractivity contribution in [3.63, 3.8) is 0 Å². The van der Waals surface area contributed by atoms with E-state index in [1.54, 1.807) is 13.2 Å². The summed E-state index contributed by atoms with van der Waals surface area (Å²) < 4.78 is 10.3. The molecule has 0 saturated heterocycles. The van der Waals surface area contributed by atoms with Crippen LogP contribution in [0.5, 0.6) is 17.2 Å². The first kappa shape index (κ1) is 20.7. The molecule has 0 unspecified atom stereocenters. The largest absolute Gasteiger partial charge is 2.00 e. The second-order valence-electron chi connectivity index (χ2n) is 3.53. The summed E-state index contributed by atoms with van der Waals surface area (Å²) in [5, 5.41) is 9.93. The molecule has 19 heavy (non-hydrogen) atoms. The standard InChI is InChI=1S/C13H14O3.2ClH.Ti/c1-15-11-8-7-10(9-5-3-4-6-9)13(16-2)12(11)14;;;/h3-9,14H,1-2H3;2*1H;/q;;;+2/p-2. The third kappa shape index (κ3) is 4.18. The number of hydrogen-bond acceptors (Lipinski definition) is 3. The van der Waals surface area contributed by atoms with E-state index in [9.17, 15) is 5.11 Å². The van der Waals surface area contributed by atoms with Gasteiger partial charge in [0.15, 0.2) is 11.5 Å². The zero-order valence-corrected chi connectivity index (χ0v) is 13.6. The number of aromatic hydroxyl groups is 1. The first-order valence-corrected chi connectivity index (χ1v) is 5.06. The van der Waals surface area contributed by atoms with E-state index in [0.717, 1.165) is 5.56 Å². The van der Waals surface area contributed by atoms with Crippen LogP contribution in [0.4, 0.5) is 0 Å². The third-order valence-electron chi connectivity index (χ3n) is 2.66. The Balaban J connectivity index is 0. The van der Waals surface area contributed by atoms with Gasteiger partial charge < -0.3 is 39.4 Å². The van der Waals surface area contributed by atoms with Gasteiger partial charge in [-0.05, 0) is 6.07 Å². The molecular formula is C13H14Cl2O3Ti. The molecule has 0 aliphatic heterocycles. The van der Waals surface area contributed by atoms with Crippen LogP contribution in [0.25, 0.3) is 0 Å². The Kier molecular flexibility index (Phi) is 10.2. The fourth-order valence-corrected chi connectivity index (χ4v) is 1.85. The van der Waals surface area contributed by atoms with E-state index in [1.165, 1.54) is 7.11 Å². The van der Waals surface area contributed by atoms with Crippen LogP contribution in [0.3, 0.4) is 0 Å². The smallest absolute Gasteiger partial charge is 1.00 e. The van der Waals surface area contributed by atoms with Gasteiger partial charge >= 0.3 is 21.7 Å². The first-order chi connectivity index (χ1) is 7.77. The maximum Gasteiger partial charge on any atom is 2.00 e. The minimum absolute atomic E-state index is 0. The van der Waals surface area contributed by atoms with Crippen molar-refractivity contribution in [2.24, 2.45) is 0 Å². The molecule has 0 amide bonds. The SMILES string of the molecule is COc1ccc(C2C=CC=C2)c(OC)c1O.[Cl-].[Cl-].[Ti+2]. The van der Waals surface area contributed by atoms with Gasteiger partial charge in [-0.2, -0.15) is 0 Å². The average Bonchev–Trinajstić information content (AvgIpc) is 2.82. The van der Waals surface area contributed by atoms with E-state index < -0.39 is 0 Å². The fourth-order valence-electron chi connectivity index (χ4n) is 1.85. The van der Waals surface area contributed by atoms with Crippen LogP contribution in [-0.4, -0.2) is 19.3 Å². The summed E-state index contributed by atoms with van der Waals surface area (Å²) in [6.07, 6.45) is 8.05. The van der Waals surface area contributed by atoms with Gasteiger partial charge in [-0.1, -0.05) is 30.4 Å². The Hall–Kier alpha value is -0.606. The normalized spacial score (nSPS) is 12.1. The summed E-state index contributed by atoms with van der Waals surface area (Å²) in [5.41, 5.74) is 0.936. The second kappa shape index (κ2) is 9.32. The number of halogens is 2. The van der Waals surface area contributed by atoms with E-state index >= 15 is 0 Å². The van der Waals surface area contributed by atoms with Crippen LogP contribution in [0, 0.1) is 0 Å². The molecule has 0 atom stereocenters. The quantitative estimate of drug-likeness (QED) is 0.586. The molecule has 102 valence electrons. The minimum atomic E-state index is 0. The molecule has 0 radical (unpaired) electrons. The van der Waals surface area contributed by atoms with Crippen molar-refractivity contribution < 1.29 is 61.1 Å². The molecule has 3 nitrogen and oxygen atoms in total. The van der Waals surface area contributed by atoms with Crippen molar-refractivity contribution in [1.82, 2.24) is 0 Å². The number of benzene rings is 1. The van der Waals surface area contributed by atoms with E-state index in [0.29, 0.717) is 11.5 Å². The van der Waals surface area contributed by atoms with Crippen molar-refractivity contribution in [3.05, 3.63) is 42.0 Å². The molecule has 0 spiro atoms. The molecule has 1 aliphatic carbocycles. The number of phenolic OH excluding ortho intramolecular Hbond substituents is 1. The summed E-state index contributed by atoms with van der Waals surface area (Å²) in [5.74, 6) is 1.11. The maximum absolute atomic E-state index is 9.93. The van der Waals surface area contributed by atoms with Crippen molar-refractivity contribution >= 4 is 0 Å². The summed E-state index contributed by atoms with van der Waals surface area (Å²) in [6, 6.07) is 3.65. The number of allylic oxidation sites excluding steroid dienone is 4. The van der Waals surface area contributed by atoms with Gasteiger partial charge in [0, 0.05) is 11.5 Å². The summed E-state index contributed by atoms with van der Waals surface area (Å²) >= 11 is 0. The van der Waals surface area contributed by atoms with Crippen LogP contribution >= 0.6 is 0 Å². The molecule has 1 N–H and O–H groups in total. The predicted octanol–water partition coefficient (Wildman–Crippen LogP) is -3.38. The average molecular weight is 337 g/mol. The molecular weight excluding hydrogens is 323 g/mol. The van der Waals surface area contributed by atoms with Crippen molar-refractivity contribution in [2.45, 2.75) is 5.92 Å². The van der Waals surface area contributed by atoms with E-state index in [2.05, 4.69) is 0 Å². The first-order valence-electron chi connectivity index (χ1n) is 5.06. The Morgan fingerprint density at radius 1 is 1.00 bits per heavy atom. The minimum Gasteiger partial charge on any atom is -1.00 e. The maximum atomic E-state index is 9.93. The number of hydrogen-bond donors (Lipinski definition) is 1. The van der Waals surface area contributed by atoms with Crippen molar-refractivity contribution in [1.29, 1.82) is 0 Å². The number of rotatable bonds is 3. The van der Waals surface area contributed by atoms with Gasteiger partial charge in [-0.25, -0.2) is 0 Å². The van der Waals surface area contributed by atoms with Crippen LogP contribution < -0.4 is 34.3 Å². The molecule has 0 fully saturated rings. The van der Waals surface area contributed by atoms with Crippen LogP contribution in [0.1, 0.15) is 11.5 Å². The second-order valence-corrected chi connectivity index (χ2v) is 3.53. The molecule has 1 aromatic rings. The van der Waals surface area contributed by atoms with Gasteiger partial charge in [0.25, 0.3) is 0 Å². The molecule has 1 aromatic carbocycles.